The molecule has 0 radical (unpaired) electrons. The minimum atomic E-state index is -5.03. The largest absolute Gasteiger partial charge is 0.397 e. The quantitative estimate of drug-likeness (QED) is 0.112. The molecule has 216 valence electrons. The maximum absolute atomic E-state index is 13.5. The highest BCUT2D eigenvalue weighted by atomic mass is 35.5. The van der Waals surface area contributed by atoms with E-state index in [9.17, 15) is 35.5 Å². The molecule has 0 spiro atoms. The van der Waals surface area contributed by atoms with Crippen LogP contribution in [0.25, 0.3) is 0 Å². The Labute approximate surface area is 242 Å². The summed E-state index contributed by atoms with van der Waals surface area (Å²) in [7, 11) is -8.46. The zero-order valence-electron chi connectivity index (χ0n) is 21.1. The molecule has 0 aliphatic heterocycles. The van der Waals surface area contributed by atoms with Crippen molar-refractivity contribution in [2.45, 2.75) is 9.79 Å². The number of nitrogen functional groups attached to an aromatic ring is 1. The van der Waals surface area contributed by atoms with Gasteiger partial charge in [0.1, 0.15) is 9.79 Å². The van der Waals surface area contributed by atoms with Gasteiger partial charge in [-0.25, -0.2) is 0 Å². The van der Waals surface area contributed by atoms with Gasteiger partial charge in [-0.1, -0.05) is 24.3 Å². The lowest BCUT2D eigenvalue weighted by atomic mass is 9.82. The van der Waals surface area contributed by atoms with Crippen molar-refractivity contribution in [3.8, 4) is 0 Å². The topological polar surface area (TPSA) is 244 Å². The van der Waals surface area contributed by atoms with Crippen molar-refractivity contribution in [2.75, 3.05) is 28.7 Å². The Morgan fingerprint density at radius 2 is 1.36 bits per heavy atom. The zero-order chi connectivity index (χ0) is 30.6. The number of anilines is 6. The number of nitrogens with one attached hydrogen (secondary N) is 3. The maximum atomic E-state index is 13.5. The predicted molar refractivity (Wildman–Crippen MR) is 151 cm³/mol. The monoisotopic (exact) mass is 631 g/mol. The number of nitrogens with zero attached hydrogens (tertiary/aromatic N) is 3. The Hall–Kier alpha value is -4.68. The standard InChI is InChI=1S/C24H18ClN7O8S2/c1-27-23-30-22(25)31-24(32-23)28-10-6-7-13(15(8-10)41(35,36)37)29-14-9-16(42(38,39)40)19(26)18-17(14)20(33)11-4-2-3-5-12(11)21(18)34/h2-9,29H,26H2,1H3,(H,35,36,37)(H,38,39,40)(H2,27,28,30,31,32). The first-order valence-electron chi connectivity index (χ1n) is 11.6. The Bertz CT molecular complexity index is 2050. The van der Waals surface area contributed by atoms with Crippen LogP contribution in [-0.2, 0) is 20.2 Å². The Balaban J connectivity index is 1.67. The van der Waals surface area contributed by atoms with E-state index in [1.54, 1.807) is 0 Å². The summed E-state index contributed by atoms with van der Waals surface area (Å²) in [6.45, 7) is 0. The molecule has 3 aromatic carbocycles. The molecular formula is C24H18ClN7O8S2. The van der Waals surface area contributed by atoms with Gasteiger partial charge < -0.3 is 21.7 Å². The Morgan fingerprint density at radius 1 is 0.762 bits per heavy atom. The van der Waals surface area contributed by atoms with E-state index in [1.165, 1.54) is 43.4 Å². The number of fused-ring (bicyclic) bond motifs is 2. The summed E-state index contributed by atoms with van der Waals surface area (Å²) in [6, 6.07) is 10.0. The van der Waals surface area contributed by atoms with Gasteiger partial charge in [-0.3, -0.25) is 18.7 Å². The Kier molecular flexibility index (Phi) is 7.07. The first-order chi connectivity index (χ1) is 19.7. The maximum Gasteiger partial charge on any atom is 0.296 e. The van der Waals surface area contributed by atoms with Crippen LogP contribution in [0.5, 0.6) is 0 Å². The molecule has 4 aromatic rings. The molecule has 0 bridgehead atoms. The fourth-order valence-electron chi connectivity index (χ4n) is 4.31. The van der Waals surface area contributed by atoms with Crippen LogP contribution in [0.15, 0.2) is 58.3 Å². The van der Waals surface area contributed by atoms with Gasteiger partial charge in [-0.05, 0) is 35.9 Å². The number of benzene rings is 3. The van der Waals surface area contributed by atoms with Crippen molar-refractivity contribution in [2.24, 2.45) is 0 Å². The molecule has 18 heteroatoms. The number of hydrogen-bond donors (Lipinski definition) is 6. The van der Waals surface area contributed by atoms with Crippen LogP contribution in [0.2, 0.25) is 5.28 Å². The number of hydrogen-bond acceptors (Lipinski definition) is 13. The number of halogens is 1. The third-order valence-electron chi connectivity index (χ3n) is 6.09. The lowest BCUT2D eigenvalue weighted by Gasteiger charge is -2.24. The van der Waals surface area contributed by atoms with Crippen LogP contribution in [0, 0.1) is 0 Å². The molecule has 0 unspecified atom stereocenters. The number of carbonyl (C=O) groups is 2. The van der Waals surface area contributed by atoms with E-state index in [0.29, 0.717) is 0 Å². The second kappa shape index (κ2) is 10.3. The molecule has 0 amide bonds. The van der Waals surface area contributed by atoms with Crippen molar-refractivity contribution < 1.29 is 35.5 Å². The third-order valence-corrected chi connectivity index (χ3v) is 8.05. The van der Waals surface area contributed by atoms with E-state index in [1.807, 2.05) is 0 Å². The molecule has 1 heterocycles. The van der Waals surface area contributed by atoms with Crippen molar-refractivity contribution in [1.82, 2.24) is 15.0 Å². The number of rotatable bonds is 7. The lowest BCUT2D eigenvalue weighted by Crippen LogP contribution is -2.25. The fourth-order valence-corrected chi connectivity index (χ4v) is 5.79. The summed E-state index contributed by atoms with van der Waals surface area (Å²) in [6.07, 6.45) is 0. The van der Waals surface area contributed by atoms with Gasteiger partial charge in [0.15, 0.2) is 11.6 Å². The van der Waals surface area contributed by atoms with Crippen LogP contribution < -0.4 is 21.7 Å². The highest BCUT2D eigenvalue weighted by Gasteiger charge is 2.36. The van der Waals surface area contributed by atoms with E-state index < -0.39 is 52.8 Å². The molecule has 1 aromatic heterocycles. The van der Waals surface area contributed by atoms with Crippen molar-refractivity contribution in [3.63, 3.8) is 0 Å². The predicted octanol–water partition coefficient (Wildman–Crippen LogP) is 2.90. The van der Waals surface area contributed by atoms with Crippen molar-refractivity contribution in [1.29, 1.82) is 0 Å². The molecule has 0 fully saturated rings. The average molecular weight is 632 g/mol. The second-order valence-electron chi connectivity index (χ2n) is 8.70. The highest BCUT2D eigenvalue weighted by molar-refractivity contribution is 7.86. The minimum Gasteiger partial charge on any atom is -0.397 e. The van der Waals surface area contributed by atoms with Gasteiger partial charge in [0.2, 0.25) is 17.2 Å². The lowest BCUT2D eigenvalue weighted by molar-refractivity contribution is 0.0980. The summed E-state index contributed by atoms with van der Waals surface area (Å²) < 4.78 is 69.0. The van der Waals surface area contributed by atoms with E-state index in [-0.39, 0.29) is 50.9 Å². The minimum absolute atomic E-state index is 0.0106. The van der Waals surface area contributed by atoms with Gasteiger partial charge in [0.05, 0.1) is 28.2 Å². The number of nitrogens with two attached hydrogens (primary N) is 1. The normalized spacial score (nSPS) is 12.9. The van der Waals surface area contributed by atoms with Crippen LogP contribution >= 0.6 is 11.6 Å². The second-order valence-corrected chi connectivity index (χ2v) is 11.8. The molecular weight excluding hydrogens is 614 g/mol. The van der Waals surface area contributed by atoms with Gasteiger partial charge in [-0.2, -0.15) is 31.8 Å². The molecule has 15 nitrogen and oxygen atoms in total. The molecule has 7 N–H and O–H groups in total. The third kappa shape index (κ3) is 5.21. The number of aromatic nitrogens is 3. The molecule has 5 rings (SSSR count). The summed E-state index contributed by atoms with van der Waals surface area (Å²) in [5, 5.41) is 7.82. The zero-order valence-corrected chi connectivity index (χ0v) is 23.5. The van der Waals surface area contributed by atoms with Crippen LogP contribution in [-0.4, -0.2) is 59.5 Å². The van der Waals surface area contributed by atoms with Crippen molar-refractivity contribution in [3.05, 3.63) is 76.1 Å². The SMILES string of the molecule is CNc1nc(Cl)nc(Nc2ccc(Nc3cc(S(=O)(=O)O)c(N)c4c3C(=O)c3ccccc3C4=O)c(S(=O)(=O)O)c2)n1. The Morgan fingerprint density at radius 3 is 1.95 bits per heavy atom. The molecule has 0 saturated carbocycles. The molecule has 1 aliphatic carbocycles. The molecule has 0 atom stereocenters. The summed E-state index contributed by atoms with van der Waals surface area (Å²) >= 11 is 5.87. The van der Waals surface area contributed by atoms with Crippen LogP contribution in [0.1, 0.15) is 31.8 Å². The summed E-state index contributed by atoms with van der Waals surface area (Å²) in [5.74, 6) is -1.49. The first-order valence-corrected chi connectivity index (χ1v) is 14.8. The van der Waals surface area contributed by atoms with Gasteiger partial charge in [0, 0.05) is 23.9 Å². The smallest absolute Gasteiger partial charge is 0.296 e. The first kappa shape index (κ1) is 28.8. The van der Waals surface area contributed by atoms with E-state index in [2.05, 4.69) is 30.9 Å². The van der Waals surface area contributed by atoms with Gasteiger partial charge >= 0.3 is 0 Å². The molecule has 0 saturated heterocycles. The molecule has 1 aliphatic rings. The summed E-state index contributed by atoms with van der Waals surface area (Å²) in [4.78, 5) is 37.0. The molecule has 42 heavy (non-hydrogen) atoms. The summed E-state index contributed by atoms with van der Waals surface area (Å²) in [5.41, 5.74) is 3.72. The van der Waals surface area contributed by atoms with Gasteiger partial charge in [0.25, 0.3) is 20.2 Å². The van der Waals surface area contributed by atoms with Gasteiger partial charge in [-0.15, -0.1) is 0 Å². The van der Waals surface area contributed by atoms with E-state index in [0.717, 1.165) is 12.1 Å². The van der Waals surface area contributed by atoms with Crippen LogP contribution in [0.4, 0.5) is 34.6 Å². The fraction of sp³-hybridized carbons (Fsp3) is 0.0417. The average Bonchev–Trinajstić information content (AvgIpc) is 2.91. The van der Waals surface area contributed by atoms with E-state index >= 15 is 0 Å². The highest BCUT2D eigenvalue weighted by Crippen LogP contribution is 2.41. The van der Waals surface area contributed by atoms with Crippen molar-refractivity contribution >= 4 is 78.0 Å². The van der Waals surface area contributed by atoms with E-state index in [4.69, 9.17) is 17.3 Å². The number of carbonyl (C=O) groups excluding carboxylic acids is 2. The number of ketones is 2. The van der Waals surface area contributed by atoms with Crippen LogP contribution in [0.3, 0.4) is 0 Å².